The Hall–Kier alpha value is -1.42. The molecule has 0 atom stereocenters. The minimum Gasteiger partial charge on any atom is -0.332 e. The number of aromatic amines is 1. The van der Waals surface area contributed by atoms with E-state index in [1.165, 1.54) is 0 Å². The number of aromatic nitrogens is 2. The number of nitrogens with zero attached hydrogens (tertiary/aromatic N) is 1. The molecule has 2 rings (SSSR count). The lowest BCUT2D eigenvalue weighted by molar-refractivity contribution is 0.326. The summed E-state index contributed by atoms with van der Waals surface area (Å²) in [6.07, 6.45) is 0.850. The first-order chi connectivity index (χ1) is 7.97. The summed E-state index contributed by atoms with van der Waals surface area (Å²) in [6, 6.07) is 7.45. The van der Waals surface area contributed by atoms with Gasteiger partial charge in [-0.15, -0.1) is 0 Å². The van der Waals surface area contributed by atoms with Crippen LogP contribution in [0.5, 0.6) is 0 Å². The summed E-state index contributed by atoms with van der Waals surface area (Å²) >= 11 is 5.29. The van der Waals surface area contributed by atoms with E-state index in [1.54, 1.807) is 4.57 Å². The van der Waals surface area contributed by atoms with Gasteiger partial charge in [0, 0.05) is 5.54 Å². The predicted octanol–water partition coefficient (Wildman–Crippen LogP) is 3.20. The van der Waals surface area contributed by atoms with Gasteiger partial charge in [-0.25, -0.2) is 0 Å². The fourth-order valence-corrected chi connectivity index (χ4v) is 2.31. The molecule has 0 saturated heterocycles. The SMILES string of the molecule is CCC(C)(C)n1c(=S)[nH]c2ccccc2c1=O. The van der Waals surface area contributed by atoms with Crippen LogP contribution in [0.15, 0.2) is 29.1 Å². The van der Waals surface area contributed by atoms with Crippen molar-refractivity contribution in [3.8, 4) is 0 Å². The fourth-order valence-electron chi connectivity index (χ4n) is 1.87. The molecule has 4 heteroatoms. The summed E-state index contributed by atoms with van der Waals surface area (Å²) in [7, 11) is 0. The Morgan fingerprint density at radius 3 is 2.65 bits per heavy atom. The van der Waals surface area contributed by atoms with Gasteiger partial charge in [0.25, 0.3) is 5.56 Å². The highest BCUT2D eigenvalue weighted by Gasteiger charge is 2.21. The van der Waals surface area contributed by atoms with Crippen molar-refractivity contribution in [1.29, 1.82) is 0 Å². The second kappa shape index (κ2) is 4.11. The van der Waals surface area contributed by atoms with Gasteiger partial charge in [-0.3, -0.25) is 9.36 Å². The van der Waals surface area contributed by atoms with Gasteiger partial charge in [-0.05, 0) is 44.6 Å². The molecule has 0 aliphatic carbocycles. The molecule has 90 valence electrons. The first kappa shape index (κ1) is 12.0. The van der Waals surface area contributed by atoms with E-state index in [1.807, 2.05) is 38.1 Å². The first-order valence-corrected chi connectivity index (χ1v) is 6.13. The predicted molar refractivity (Wildman–Crippen MR) is 73.0 cm³/mol. The van der Waals surface area contributed by atoms with Crippen molar-refractivity contribution in [2.75, 3.05) is 0 Å². The van der Waals surface area contributed by atoms with Crippen LogP contribution in [0.3, 0.4) is 0 Å². The van der Waals surface area contributed by atoms with E-state index in [9.17, 15) is 4.79 Å². The molecular weight excluding hydrogens is 232 g/mol. The van der Waals surface area contributed by atoms with Crippen molar-refractivity contribution in [1.82, 2.24) is 9.55 Å². The lowest BCUT2D eigenvalue weighted by Gasteiger charge is -2.26. The van der Waals surface area contributed by atoms with Crippen LogP contribution in [0.25, 0.3) is 10.9 Å². The van der Waals surface area contributed by atoms with Crippen LogP contribution < -0.4 is 5.56 Å². The number of para-hydroxylation sites is 1. The van der Waals surface area contributed by atoms with E-state index in [2.05, 4.69) is 11.9 Å². The zero-order valence-corrected chi connectivity index (χ0v) is 11.1. The van der Waals surface area contributed by atoms with Crippen molar-refractivity contribution in [2.24, 2.45) is 0 Å². The van der Waals surface area contributed by atoms with Crippen LogP contribution in [0.2, 0.25) is 0 Å². The molecule has 0 aliphatic heterocycles. The van der Waals surface area contributed by atoms with Crippen LogP contribution >= 0.6 is 12.2 Å². The summed E-state index contributed by atoms with van der Waals surface area (Å²) < 4.78 is 2.16. The first-order valence-electron chi connectivity index (χ1n) is 5.72. The summed E-state index contributed by atoms with van der Waals surface area (Å²) in [5.74, 6) is 0. The highest BCUT2D eigenvalue weighted by Crippen LogP contribution is 2.18. The number of hydrogen-bond donors (Lipinski definition) is 1. The summed E-state index contributed by atoms with van der Waals surface area (Å²) in [6.45, 7) is 6.09. The van der Waals surface area contributed by atoms with E-state index < -0.39 is 0 Å². The standard InChI is InChI=1S/C13H16N2OS/c1-4-13(2,3)15-11(16)9-7-5-6-8-10(9)14-12(15)17/h5-8H,4H2,1-3H3,(H,14,17). The monoisotopic (exact) mass is 248 g/mol. The Kier molecular flexibility index (Phi) is 2.91. The lowest BCUT2D eigenvalue weighted by Crippen LogP contribution is -2.37. The van der Waals surface area contributed by atoms with Crippen LogP contribution in [0.4, 0.5) is 0 Å². The molecule has 3 nitrogen and oxygen atoms in total. The summed E-state index contributed by atoms with van der Waals surface area (Å²) in [5.41, 5.74) is 0.510. The van der Waals surface area contributed by atoms with E-state index in [-0.39, 0.29) is 11.1 Å². The molecule has 0 radical (unpaired) electrons. The molecule has 1 heterocycles. The average molecular weight is 248 g/mol. The molecule has 0 fully saturated rings. The van der Waals surface area contributed by atoms with Gasteiger partial charge in [-0.1, -0.05) is 19.1 Å². The molecule has 1 N–H and O–H groups in total. The smallest absolute Gasteiger partial charge is 0.262 e. The molecule has 17 heavy (non-hydrogen) atoms. The Balaban J connectivity index is 2.92. The Bertz CT molecular complexity index is 667. The van der Waals surface area contributed by atoms with E-state index in [0.717, 1.165) is 11.9 Å². The number of rotatable bonds is 2. The van der Waals surface area contributed by atoms with E-state index in [4.69, 9.17) is 12.2 Å². The van der Waals surface area contributed by atoms with Crippen LogP contribution in [0.1, 0.15) is 27.2 Å². The molecule has 2 aromatic rings. The largest absolute Gasteiger partial charge is 0.332 e. The van der Waals surface area contributed by atoms with Crippen LogP contribution in [-0.4, -0.2) is 9.55 Å². The van der Waals surface area contributed by atoms with Crippen molar-refractivity contribution in [2.45, 2.75) is 32.7 Å². The van der Waals surface area contributed by atoms with Crippen LogP contribution in [0, 0.1) is 4.77 Å². The second-order valence-electron chi connectivity index (χ2n) is 4.78. The van der Waals surface area contributed by atoms with E-state index in [0.29, 0.717) is 10.2 Å². The van der Waals surface area contributed by atoms with Gasteiger partial charge in [0.1, 0.15) is 0 Å². The highest BCUT2D eigenvalue weighted by atomic mass is 32.1. The number of fused-ring (bicyclic) bond motifs is 1. The number of H-pyrrole nitrogens is 1. The second-order valence-corrected chi connectivity index (χ2v) is 5.17. The van der Waals surface area contributed by atoms with Crippen molar-refractivity contribution < 1.29 is 0 Å². The Morgan fingerprint density at radius 2 is 2.00 bits per heavy atom. The van der Waals surface area contributed by atoms with E-state index >= 15 is 0 Å². The maximum absolute atomic E-state index is 12.4. The molecule has 0 bridgehead atoms. The molecule has 1 aromatic heterocycles. The van der Waals surface area contributed by atoms with Crippen molar-refractivity contribution >= 4 is 23.1 Å². The zero-order valence-electron chi connectivity index (χ0n) is 10.3. The number of nitrogens with one attached hydrogen (secondary N) is 1. The molecule has 0 unspecified atom stereocenters. The lowest BCUT2D eigenvalue weighted by atomic mass is 10.0. The average Bonchev–Trinajstić information content (AvgIpc) is 2.28. The van der Waals surface area contributed by atoms with Crippen molar-refractivity contribution in [3.05, 3.63) is 39.4 Å². The van der Waals surface area contributed by atoms with Gasteiger partial charge >= 0.3 is 0 Å². The number of benzene rings is 1. The third-order valence-corrected chi connectivity index (χ3v) is 3.56. The normalized spacial score (nSPS) is 11.9. The van der Waals surface area contributed by atoms with Gasteiger partial charge in [-0.2, -0.15) is 0 Å². The topological polar surface area (TPSA) is 37.8 Å². The quantitative estimate of drug-likeness (QED) is 0.829. The molecule has 0 spiro atoms. The van der Waals surface area contributed by atoms with Gasteiger partial charge in [0.2, 0.25) is 0 Å². The highest BCUT2D eigenvalue weighted by molar-refractivity contribution is 7.71. The zero-order chi connectivity index (χ0) is 12.6. The molecule has 0 amide bonds. The molecule has 0 saturated carbocycles. The third kappa shape index (κ3) is 1.93. The molecule has 0 aliphatic rings. The Labute approximate surface area is 105 Å². The van der Waals surface area contributed by atoms with Crippen LogP contribution in [-0.2, 0) is 5.54 Å². The van der Waals surface area contributed by atoms with Gasteiger partial charge in [0.05, 0.1) is 10.9 Å². The summed E-state index contributed by atoms with van der Waals surface area (Å²) in [5, 5.41) is 0.683. The summed E-state index contributed by atoms with van der Waals surface area (Å²) in [4.78, 5) is 15.5. The third-order valence-electron chi connectivity index (χ3n) is 3.28. The van der Waals surface area contributed by atoms with Crippen molar-refractivity contribution in [3.63, 3.8) is 0 Å². The minimum atomic E-state index is -0.269. The molecular formula is C13H16N2OS. The molecule has 1 aromatic carbocycles. The van der Waals surface area contributed by atoms with Gasteiger partial charge < -0.3 is 4.98 Å². The number of hydrogen-bond acceptors (Lipinski definition) is 2. The van der Waals surface area contributed by atoms with Gasteiger partial charge in [0.15, 0.2) is 4.77 Å². The minimum absolute atomic E-state index is 0.0174. The fraction of sp³-hybridized carbons (Fsp3) is 0.385. The maximum atomic E-state index is 12.4. The Morgan fingerprint density at radius 1 is 1.35 bits per heavy atom. The maximum Gasteiger partial charge on any atom is 0.262 e.